The molecule has 206 valence electrons. The van der Waals surface area contributed by atoms with Crippen molar-refractivity contribution < 1.29 is 28.6 Å². The van der Waals surface area contributed by atoms with Crippen molar-refractivity contribution >= 4 is 5.91 Å². The van der Waals surface area contributed by atoms with Crippen LogP contribution in [-0.2, 0) is 23.5 Å². The molecule has 0 aliphatic heterocycles. The molecule has 1 atom stereocenters. The number of aromatic nitrogens is 3. The summed E-state index contributed by atoms with van der Waals surface area (Å²) >= 11 is 0. The van der Waals surface area contributed by atoms with Gasteiger partial charge in [-0.15, -0.1) is 0 Å². The van der Waals surface area contributed by atoms with Crippen molar-refractivity contribution in [3.8, 4) is 5.75 Å². The lowest BCUT2D eigenvalue weighted by atomic mass is 9.92. The van der Waals surface area contributed by atoms with E-state index in [1.54, 1.807) is 5.48 Å². The third-order valence-corrected chi connectivity index (χ3v) is 6.17. The van der Waals surface area contributed by atoms with E-state index in [1.807, 2.05) is 36.2 Å². The number of carbonyl (C=O) groups excluding carboxylic acids is 1. The summed E-state index contributed by atoms with van der Waals surface area (Å²) in [6, 6.07) is 10.8. The summed E-state index contributed by atoms with van der Waals surface area (Å²) in [6.07, 6.45) is 7.67. The number of benzene rings is 2. The van der Waals surface area contributed by atoms with Gasteiger partial charge in [0.25, 0.3) is 0 Å². The van der Waals surface area contributed by atoms with Crippen LogP contribution in [0.4, 0.5) is 8.78 Å². The lowest BCUT2D eigenvalue weighted by molar-refractivity contribution is -0.129. The van der Waals surface area contributed by atoms with Crippen molar-refractivity contribution in [3.63, 3.8) is 0 Å². The third-order valence-electron chi connectivity index (χ3n) is 6.17. The number of nitrogens with zero attached hydrogens (tertiary/aromatic N) is 4. The maximum Gasteiger partial charge on any atom is 0.243 e. The SMILES string of the molecule is CN(Cc1ccc(OCCCCCCCC(=O)NO)cc1)CC(O)(Cn1cncn1)c1ccc(F)cc1F. The van der Waals surface area contributed by atoms with Crippen molar-refractivity contribution in [3.05, 3.63) is 77.9 Å². The van der Waals surface area contributed by atoms with Crippen LogP contribution in [0.5, 0.6) is 5.75 Å². The Morgan fingerprint density at radius 3 is 2.53 bits per heavy atom. The van der Waals surface area contributed by atoms with E-state index in [-0.39, 0.29) is 24.6 Å². The van der Waals surface area contributed by atoms with E-state index in [9.17, 15) is 18.7 Å². The molecule has 1 amide bonds. The maximum absolute atomic E-state index is 14.6. The number of unbranched alkanes of at least 4 members (excludes halogenated alkanes) is 4. The van der Waals surface area contributed by atoms with Crippen molar-refractivity contribution in [2.45, 2.75) is 57.2 Å². The average molecular weight is 532 g/mol. The van der Waals surface area contributed by atoms with Gasteiger partial charge in [-0.1, -0.05) is 37.5 Å². The number of rotatable bonds is 16. The Balaban J connectivity index is 1.48. The van der Waals surface area contributed by atoms with E-state index in [1.165, 1.54) is 23.4 Å². The van der Waals surface area contributed by atoms with E-state index in [0.717, 1.165) is 55.5 Å². The van der Waals surface area contributed by atoms with Crippen molar-refractivity contribution in [2.75, 3.05) is 20.2 Å². The molecule has 1 heterocycles. The Bertz CT molecular complexity index is 1130. The van der Waals surface area contributed by atoms with Crippen LogP contribution in [0.1, 0.15) is 49.7 Å². The number of likely N-dealkylation sites (N-methyl/N-ethyl adjacent to an activating group) is 1. The molecular weight excluding hydrogens is 496 g/mol. The Labute approximate surface area is 221 Å². The van der Waals surface area contributed by atoms with Crippen molar-refractivity contribution in [1.29, 1.82) is 0 Å². The van der Waals surface area contributed by atoms with Crippen LogP contribution in [0.2, 0.25) is 0 Å². The van der Waals surface area contributed by atoms with E-state index in [0.29, 0.717) is 19.6 Å². The number of halogens is 2. The molecule has 0 bridgehead atoms. The third kappa shape index (κ3) is 9.16. The molecule has 0 saturated carbocycles. The van der Waals surface area contributed by atoms with Gasteiger partial charge in [0, 0.05) is 31.1 Å². The molecule has 0 aliphatic rings. The second-order valence-corrected chi connectivity index (χ2v) is 9.47. The number of ether oxygens (including phenoxy) is 1. The molecule has 38 heavy (non-hydrogen) atoms. The van der Waals surface area contributed by atoms with Crippen LogP contribution in [0, 0.1) is 11.6 Å². The van der Waals surface area contributed by atoms with Gasteiger partial charge in [0.15, 0.2) is 0 Å². The Kier molecular flexibility index (Phi) is 11.1. The molecule has 0 saturated heterocycles. The molecule has 1 aromatic heterocycles. The zero-order valence-electron chi connectivity index (χ0n) is 21.5. The standard InChI is InChI=1S/C27H35F2N5O4/c1-33(17-27(36,18-34-20-30-19-31-34)24-13-10-22(28)15-25(24)29)16-21-8-11-23(12-9-21)38-14-6-4-2-3-5-7-26(35)32-37/h8-13,15,19-20,36-37H,2-7,14,16-18H2,1H3,(H,32,35). The molecule has 3 aromatic rings. The quantitative estimate of drug-likeness (QED) is 0.146. The van der Waals surface area contributed by atoms with Crippen molar-refractivity contribution in [2.24, 2.45) is 0 Å². The lowest BCUT2D eigenvalue weighted by Crippen LogP contribution is -2.43. The fourth-order valence-electron chi connectivity index (χ4n) is 4.34. The van der Waals surface area contributed by atoms with Gasteiger partial charge in [-0.2, -0.15) is 5.10 Å². The molecule has 3 rings (SSSR count). The van der Waals surface area contributed by atoms with E-state index < -0.39 is 17.2 Å². The van der Waals surface area contributed by atoms with Crippen LogP contribution < -0.4 is 10.2 Å². The van der Waals surface area contributed by atoms with Gasteiger partial charge >= 0.3 is 0 Å². The van der Waals surface area contributed by atoms with E-state index in [4.69, 9.17) is 9.94 Å². The first kappa shape index (κ1) is 29.2. The van der Waals surface area contributed by atoms with E-state index >= 15 is 0 Å². The van der Waals surface area contributed by atoms with Gasteiger partial charge < -0.3 is 9.84 Å². The first-order valence-corrected chi connectivity index (χ1v) is 12.6. The normalized spacial score (nSPS) is 12.9. The van der Waals surface area contributed by atoms with Crippen LogP contribution in [-0.4, -0.2) is 56.1 Å². The van der Waals surface area contributed by atoms with Crippen LogP contribution in [0.15, 0.2) is 55.1 Å². The number of aliphatic hydroxyl groups is 1. The first-order valence-electron chi connectivity index (χ1n) is 12.6. The zero-order valence-corrected chi connectivity index (χ0v) is 21.5. The van der Waals surface area contributed by atoms with Crippen LogP contribution in [0.25, 0.3) is 0 Å². The Morgan fingerprint density at radius 1 is 1.11 bits per heavy atom. The smallest absolute Gasteiger partial charge is 0.243 e. The minimum Gasteiger partial charge on any atom is -0.494 e. The fourth-order valence-corrected chi connectivity index (χ4v) is 4.34. The summed E-state index contributed by atoms with van der Waals surface area (Å²) < 4.78 is 35.4. The highest BCUT2D eigenvalue weighted by Crippen LogP contribution is 2.28. The predicted molar refractivity (Wildman–Crippen MR) is 136 cm³/mol. The van der Waals surface area contributed by atoms with E-state index in [2.05, 4.69) is 10.1 Å². The molecule has 0 radical (unpaired) electrons. The van der Waals surface area contributed by atoms with Gasteiger partial charge in [-0.05, 0) is 43.7 Å². The molecule has 0 spiro atoms. The Hall–Kier alpha value is -3.41. The summed E-state index contributed by atoms with van der Waals surface area (Å²) in [5.41, 5.74) is 0.929. The summed E-state index contributed by atoms with van der Waals surface area (Å²) in [5, 5.41) is 24.0. The predicted octanol–water partition coefficient (Wildman–Crippen LogP) is 3.80. The number of nitrogens with one attached hydrogen (secondary N) is 1. The summed E-state index contributed by atoms with van der Waals surface area (Å²) in [5.74, 6) is -1.13. The Morgan fingerprint density at radius 2 is 1.84 bits per heavy atom. The summed E-state index contributed by atoms with van der Waals surface area (Å²) in [6.45, 7) is 1.09. The van der Waals surface area contributed by atoms with Gasteiger partial charge in [-0.3, -0.25) is 14.9 Å². The monoisotopic (exact) mass is 531 g/mol. The minimum atomic E-state index is -1.67. The van der Waals surface area contributed by atoms with Gasteiger partial charge in [0.2, 0.25) is 5.91 Å². The molecule has 0 fully saturated rings. The minimum absolute atomic E-state index is 0.0133. The largest absolute Gasteiger partial charge is 0.494 e. The molecule has 2 aromatic carbocycles. The molecular formula is C27H35F2N5O4. The van der Waals surface area contributed by atoms with Crippen LogP contribution in [0.3, 0.4) is 0 Å². The number of amides is 1. The second kappa shape index (κ2) is 14.5. The molecule has 0 aliphatic carbocycles. The first-order chi connectivity index (χ1) is 18.3. The second-order valence-electron chi connectivity index (χ2n) is 9.47. The highest BCUT2D eigenvalue weighted by Gasteiger charge is 2.34. The zero-order chi connectivity index (χ0) is 27.4. The highest BCUT2D eigenvalue weighted by atomic mass is 19.1. The molecule has 9 nitrogen and oxygen atoms in total. The van der Waals surface area contributed by atoms with Crippen LogP contribution >= 0.6 is 0 Å². The number of hydrogen-bond donors (Lipinski definition) is 3. The average Bonchev–Trinajstić information content (AvgIpc) is 3.38. The summed E-state index contributed by atoms with van der Waals surface area (Å²) in [7, 11) is 1.81. The molecule has 1 unspecified atom stereocenters. The van der Waals surface area contributed by atoms with Gasteiger partial charge in [-0.25, -0.2) is 23.9 Å². The van der Waals surface area contributed by atoms with Gasteiger partial charge in [0.1, 0.15) is 35.6 Å². The molecule has 3 N–H and O–H groups in total. The lowest BCUT2D eigenvalue weighted by Gasteiger charge is -2.33. The van der Waals surface area contributed by atoms with Crippen molar-refractivity contribution in [1.82, 2.24) is 25.1 Å². The topological polar surface area (TPSA) is 113 Å². The maximum atomic E-state index is 14.6. The number of hydroxylamine groups is 1. The van der Waals surface area contributed by atoms with Gasteiger partial charge in [0.05, 0.1) is 13.2 Å². The number of hydrogen-bond acceptors (Lipinski definition) is 7. The highest BCUT2D eigenvalue weighted by molar-refractivity contribution is 5.74. The fraction of sp³-hybridized carbons (Fsp3) is 0.444. The summed E-state index contributed by atoms with van der Waals surface area (Å²) in [4.78, 5) is 16.7. The molecule has 11 heteroatoms. The number of carbonyl (C=O) groups is 1.